The molecule has 0 N–H and O–H groups in total. The molecule has 0 fully saturated rings. The first-order valence-corrected chi connectivity index (χ1v) is 4.44. The lowest BCUT2D eigenvalue weighted by molar-refractivity contribution is 0.0524. The number of carbonyl (C=O) groups is 1. The molecule has 0 aromatic carbocycles. The lowest BCUT2D eigenvalue weighted by Gasteiger charge is -1.97. The summed E-state index contributed by atoms with van der Waals surface area (Å²) in [5, 5.41) is 0. The molecule has 0 aliphatic rings. The van der Waals surface area contributed by atoms with Crippen LogP contribution in [0.1, 0.15) is 28.8 Å². The van der Waals surface area contributed by atoms with Gasteiger partial charge in [-0.2, -0.15) is 0 Å². The number of rotatable bonds is 4. The van der Waals surface area contributed by atoms with Crippen molar-refractivity contribution in [2.75, 3.05) is 13.7 Å². The van der Waals surface area contributed by atoms with Gasteiger partial charge in [0.05, 0.1) is 6.61 Å². The summed E-state index contributed by atoms with van der Waals surface area (Å²) in [4.78, 5) is 11.4. The van der Waals surface area contributed by atoms with Crippen molar-refractivity contribution in [2.24, 2.45) is 0 Å². The molecular formula is C10H14O4. The average Bonchev–Trinajstić information content (AvgIpc) is 2.48. The molecule has 0 amide bonds. The second-order valence-electron chi connectivity index (χ2n) is 2.84. The third-order valence-electron chi connectivity index (χ3n) is 1.75. The number of hydrogen-bond acceptors (Lipinski definition) is 4. The fraction of sp³-hybridized carbons (Fsp3) is 0.500. The molecule has 1 aromatic heterocycles. The molecule has 4 nitrogen and oxygen atoms in total. The largest absolute Gasteiger partial charge is 0.463 e. The maximum Gasteiger partial charge on any atom is 0.341 e. The Morgan fingerprint density at radius 1 is 1.57 bits per heavy atom. The van der Waals surface area contributed by atoms with E-state index in [0.717, 1.165) is 0 Å². The van der Waals surface area contributed by atoms with Gasteiger partial charge in [-0.05, 0) is 19.9 Å². The van der Waals surface area contributed by atoms with Gasteiger partial charge in [-0.1, -0.05) is 0 Å². The summed E-state index contributed by atoms with van der Waals surface area (Å²) in [6, 6.07) is 1.65. The van der Waals surface area contributed by atoms with Crippen LogP contribution in [0.2, 0.25) is 0 Å². The number of aryl methyl sites for hydroxylation is 1. The Bertz CT molecular complexity index is 314. The minimum absolute atomic E-state index is 0.351. The first-order chi connectivity index (χ1) is 6.69. The molecular weight excluding hydrogens is 184 g/mol. The van der Waals surface area contributed by atoms with E-state index in [2.05, 4.69) is 0 Å². The van der Waals surface area contributed by atoms with Crippen LogP contribution in [0, 0.1) is 6.92 Å². The number of furan rings is 1. The van der Waals surface area contributed by atoms with Crippen LogP contribution < -0.4 is 0 Å². The van der Waals surface area contributed by atoms with Gasteiger partial charge in [0.1, 0.15) is 23.7 Å². The maximum atomic E-state index is 11.4. The van der Waals surface area contributed by atoms with Crippen molar-refractivity contribution in [2.45, 2.75) is 20.5 Å². The monoisotopic (exact) mass is 198 g/mol. The summed E-state index contributed by atoms with van der Waals surface area (Å²) < 4.78 is 15.0. The molecule has 0 radical (unpaired) electrons. The predicted octanol–water partition coefficient (Wildman–Crippen LogP) is 1.91. The van der Waals surface area contributed by atoms with Gasteiger partial charge < -0.3 is 13.9 Å². The highest BCUT2D eigenvalue weighted by atomic mass is 16.5. The molecule has 0 saturated heterocycles. The van der Waals surface area contributed by atoms with Gasteiger partial charge in [0.25, 0.3) is 0 Å². The molecule has 0 aliphatic heterocycles. The van der Waals surface area contributed by atoms with E-state index in [0.29, 0.717) is 30.3 Å². The molecule has 0 saturated carbocycles. The first-order valence-electron chi connectivity index (χ1n) is 4.44. The summed E-state index contributed by atoms with van der Waals surface area (Å²) in [6.07, 6.45) is 0. The van der Waals surface area contributed by atoms with Crippen molar-refractivity contribution in [1.82, 2.24) is 0 Å². The minimum atomic E-state index is -0.351. The van der Waals surface area contributed by atoms with Crippen molar-refractivity contribution in [3.05, 3.63) is 23.2 Å². The van der Waals surface area contributed by atoms with E-state index < -0.39 is 0 Å². The Balaban J connectivity index is 2.81. The summed E-state index contributed by atoms with van der Waals surface area (Å²) in [6.45, 7) is 4.22. The Labute approximate surface area is 82.8 Å². The zero-order valence-electron chi connectivity index (χ0n) is 8.62. The van der Waals surface area contributed by atoms with E-state index in [1.165, 1.54) is 0 Å². The van der Waals surface area contributed by atoms with Crippen LogP contribution in [0.5, 0.6) is 0 Å². The van der Waals surface area contributed by atoms with E-state index >= 15 is 0 Å². The van der Waals surface area contributed by atoms with Crippen molar-refractivity contribution < 1.29 is 18.7 Å². The van der Waals surface area contributed by atoms with Gasteiger partial charge in [0.2, 0.25) is 0 Å². The fourth-order valence-corrected chi connectivity index (χ4v) is 1.17. The quantitative estimate of drug-likeness (QED) is 0.693. The van der Waals surface area contributed by atoms with Gasteiger partial charge in [0.15, 0.2) is 0 Å². The Morgan fingerprint density at radius 3 is 2.86 bits per heavy atom. The van der Waals surface area contributed by atoms with E-state index in [1.54, 1.807) is 27.0 Å². The Hall–Kier alpha value is -1.29. The number of methoxy groups -OCH3 is 1. The third-order valence-corrected chi connectivity index (χ3v) is 1.75. The maximum absolute atomic E-state index is 11.4. The van der Waals surface area contributed by atoms with Gasteiger partial charge >= 0.3 is 5.97 Å². The molecule has 1 heterocycles. The van der Waals surface area contributed by atoms with Crippen molar-refractivity contribution in [3.63, 3.8) is 0 Å². The van der Waals surface area contributed by atoms with Crippen molar-refractivity contribution in [3.8, 4) is 0 Å². The average molecular weight is 198 g/mol. The SMILES string of the molecule is CCOC(=O)c1cc(COC)oc1C. The highest BCUT2D eigenvalue weighted by Gasteiger charge is 2.15. The van der Waals surface area contributed by atoms with Crippen LogP contribution in [0.3, 0.4) is 0 Å². The molecule has 0 atom stereocenters. The topological polar surface area (TPSA) is 48.7 Å². The number of carbonyl (C=O) groups excluding carboxylic acids is 1. The van der Waals surface area contributed by atoms with Crippen LogP contribution in [-0.2, 0) is 16.1 Å². The summed E-state index contributed by atoms with van der Waals surface area (Å²) in [7, 11) is 1.57. The molecule has 0 spiro atoms. The number of esters is 1. The van der Waals surface area contributed by atoms with Gasteiger partial charge in [0, 0.05) is 7.11 Å². The first kappa shape index (κ1) is 10.8. The highest BCUT2D eigenvalue weighted by Crippen LogP contribution is 2.16. The van der Waals surface area contributed by atoms with E-state index in [9.17, 15) is 4.79 Å². The molecule has 14 heavy (non-hydrogen) atoms. The van der Waals surface area contributed by atoms with Crippen molar-refractivity contribution in [1.29, 1.82) is 0 Å². The molecule has 4 heteroatoms. The van der Waals surface area contributed by atoms with E-state index in [-0.39, 0.29) is 5.97 Å². The summed E-state index contributed by atoms with van der Waals surface area (Å²) in [5.74, 6) is 0.847. The van der Waals surface area contributed by atoms with E-state index in [4.69, 9.17) is 13.9 Å². The normalized spacial score (nSPS) is 10.2. The molecule has 0 aliphatic carbocycles. The van der Waals surface area contributed by atoms with Crippen molar-refractivity contribution >= 4 is 5.97 Å². The predicted molar refractivity (Wildman–Crippen MR) is 50.1 cm³/mol. The molecule has 1 aromatic rings. The summed E-state index contributed by atoms with van der Waals surface area (Å²) >= 11 is 0. The molecule has 0 bridgehead atoms. The second kappa shape index (κ2) is 4.81. The van der Waals surface area contributed by atoms with Gasteiger partial charge in [-0.3, -0.25) is 0 Å². The van der Waals surface area contributed by atoms with Gasteiger partial charge in [-0.15, -0.1) is 0 Å². The molecule has 78 valence electrons. The lowest BCUT2D eigenvalue weighted by Crippen LogP contribution is -2.04. The zero-order chi connectivity index (χ0) is 10.6. The summed E-state index contributed by atoms with van der Waals surface area (Å²) in [5.41, 5.74) is 0.471. The van der Waals surface area contributed by atoms with Crippen LogP contribution in [0.4, 0.5) is 0 Å². The van der Waals surface area contributed by atoms with Crippen LogP contribution >= 0.6 is 0 Å². The number of hydrogen-bond donors (Lipinski definition) is 0. The highest BCUT2D eigenvalue weighted by molar-refractivity contribution is 5.90. The zero-order valence-corrected chi connectivity index (χ0v) is 8.62. The van der Waals surface area contributed by atoms with E-state index in [1.807, 2.05) is 0 Å². The smallest absolute Gasteiger partial charge is 0.341 e. The van der Waals surface area contributed by atoms with Crippen LogP contribution in [0.25, 0.3) is 0 Å². The Kier molecular flexibility index (Phi) is 3.71. The van der Waals surface area contributed by atoms with Crippen LogP contribution in [-0.4, -0.2) is 19.7 Å². The lowest BCUT2D eigenvalue weighted by atomic mass is 10.2. The van der Waals surface area contributed by atoms with Crippen LogP contribution in [0.15, 0.2) is 10.5 Å². The van der Waals surface area contributed by atoms with Gasteiger partial charge in [-0.25, -0.2) is 4.79 Å². The second-order valence-corrected chi connectivity index (χ2v) is 2.84. The molecule has 1 rings (SSSR count). The third kappa shape index (κ3) is 2.35. The number of ether oxygens (including phenoxy) is 2. The fourth-order valence-electron chi connectivity index (χ4n) is 1.17. The standard InChI is InChI=1S/C10H14O4/c1-4-13-10(11)9-5-8(6-12-3)14-7(9)2/h5H,4,6H2,1-3H3. The Morgan fingerprint density at radius 2 is 2.29 bits per heavy atom. The molecule has 0 unspecified atom stereocenters. The minimum Gasteiger partial charge on any atom is -0.463 e.